The maximum absolute atomic E-state index is 13.5. The highest BCUT2D eigenvalue weighted by Gasteiger charge is 2.19. The third-order valence-corrected chi connectivity index (χ3v) is 6.73. The molecule has 0 fully saturated rings. The summed E-state index contributed by atoms with van der Waals surface area (Å²) in [6.45, 7) is 1.86. The van der Waals surface area contributed by atoms with Crippen molar-refractivity contribution >= 4 is 17.1 Å². The molecule has 2 N–H and O–H groups in total. The first-order valence-corrected chi connectivity index (χ1v) is 13.3. The zero-order valence-corrected chi connectivity index (χ0v) is 23.8. The van der Waals surface area contributed by atoms with Crippen LogP contribution in [0.15, 0.2) is 95.3 Å². The zero-order chi connectivity index (χ0) is 32.2. The molecule has 0 saturated heterocycles. The number of nitrogens with zero attached hydrogens (tertiary/aromatic N) is 8. The number of carbonyl (C=O) groups excluding carboxylic acids is 1. The van der Waals surface area contributed by atoms with Gasteiger partial charge >= 0.3 is 5.69 Å². The number of ether oxygens (including phenoxy) is 1. The maximum atomic E-state index is 13.5. The molecule has 0 unspecified atom stereocenters. The van der Waals surface area contributed by atoms with Gasteiger partial charge in [0.25, 0.3) is 11.5 Å². The molecule has 226 valence electrons. The molecule has 0 spiro atoms. The second-order valence-corrected chi connectivity index (χ2v) is 9.65. The molecule has 6 aromatic rings. The molecule has 0 saturated carbocycles. The monoisotopic (exact) mass is 609 g/mol. The summed E-state index contributed by atoms with van der Waals surface area (Å²) in [5.74, 6) is -1.10. The largest absolute Gasteiger partial charge is 0.504 e. The van der Waals surface area contributed by atoms with Crippen molar-refractivity contribution in [3.63, 3.8) is 0 Å². The Bertz CT molecular complexity index is 2180. The lowest BCUT2D eigenvalue weighted by Crippen LogP contribution is -2.42. The third-order valence-electron chi connectivity index (χ3n) is 6.73. The summed E-state index contributed by atoms with van der Waals surface area (Å²) in [5, 5.41) is 29.7. The topological polar surface area (TPSA) is 185 Å². The summed E-state index contributed by atoms with van der Waals surface area (Å²) in [6.07, 6.45) is 8.13. The Balaban J connectivity index is 0.00000196. The van der Waals surface area contributed by atoms with Gasteiger partial charge in [0, 0.05) is 60.3 Å². The van der Waals surface area contributed by atoms with Crippen LogP contribution in [0, 0.1) is 16.6 Å². The molecule has 4 aromatic heterocycles. The smallest absolute Gasteiger partial charge is 0.335 e. The summed E-state index contributed by atoms with van der Waals surface area (Å²) in [6, 6.07) is 12.6. The lowest BCUT2D eigenvalue weighted by molar-refractivity contribution is 0.102. The van der Waals surface area contributed by atoms with Crippen molar-refractivity contribution in [1.29, 1.82) is 10.8 Å². The molecular formula is C30H24FN9O5. The Kier molecular flexibility index (Phi) is 8.21. The third kappa shape index (κ3) is 5.88. The number of rotatable bonds is 7. The maximum Gasteiger partial charge on any atom is 0.335 e. The van der Waals surface area contributed by atoms with Gasteiger partial charge in [-0.3, -0.25) is 14.2 Å². The fourth-order valence-electron chi connectivity index (χ4n) is 4.58. The molecular weight excluding hydrogens is 585 g/mol. The van der Waals surface area contributed by atoms with Gasteiger partial charge in [0.05, 0.1) is 23.9 Å². The minimum Gasteiger partial charge on any atom is -0.504 e. The van der Waals surface area contributed by atoms with Crippen molar-refractivity contribution in [1.82, 2.24) is 28.3 Å². The molecule has 6 rings (SSSR count). The minimum absolute atomic E-state index is 0.109. The second-order valence-electron chi connectivity index (χ2n) is 9.65. The van der Waals surface area contributed by atoms with Crippen LogP contribution in [-0.2, 0) is 13.6 Å². The first-order chi connectivity index (χ1) is 21.7. The van der Waals surface area contributed by atoms with Crippen LogP contribution in [-0.4, -0.2) is 39.3 Å². The number of hydrogen-bond donors (Lipinski definition) is 2. The van der Waals surface area contributed by atoms with Crippen molar-refractivity contribution < 1.29 is 19.0 Å². The molecule has 0 atom stereocenters. The first kappa shape index (κ1) is 29.9. The zero-order valence-electron chi connectivity index (χ0n) is 23.8. The van der Waals surface area contributed by atoms with Crippen LogP contribution in [0.3, 0.4) is 0 Å². The molecule has 0 aliphatic rings. The standard InChI is InChI=1S/C30H24FN7O5.N2/c1-3-36-15-22(29(41)38(30(36)42)21-7-4-19(31)5-8-21)28(40)34-20-6-9-26(25(39)13-20)43-27-12-18(23-16-35(2)17-32-23)14-37-24(27)10-11-33-37;1-2/h4-17,39H,3H2,1-2H3,(H,34,40);. The number of hydrogen-bond acceptors (Lipinski definition) is 9. The average molecular weight is 610 g/mol. The Morgan fingerprint density at radius 1 is 1.02 bits per heavy atom. The van der Waals surface area contributed by atoms with Gasteiger partial charge in [-0.05, 0) is 55.5 Å². The van der Waals surface area contributed by atoms with Crippen LogP contribution < -0.4 is 21.3 Å². The molecule has 0 aliphatic heterocycles. The number of phenols is 1. The normalized spacial score (nSPS) is 10.7. The fraction of sp³-hybridized carbons (Fsp3) is 0.100. The molecule has 0 aliphatic carbocycles. The van der Waals surface area contributed by atoms with Crippen LogP contribution >= 0.6 is 0 Å². The average Bonchev–Trinajstić information content (AvgIpc) is 3.70. The number of fused-ring (bicyclic) bond motifs is 1. The molecule has 14 nitrogen and oxygen atoms in total. The highest BCUT2D eigenvalue weighted by molar-refractivity contribution is 6.04. The molecule has 45 heavy (non-hydrogen) atoms. The number of anilines is 1. The number of phenolic OH excluding ortho intramolecular Hbond substituents is 1. The number of carbonyl (C=O) groups is 1. The van der Waals surface area contributed by atoms with Crippen molar-refractivity contribution in [3.8, 4) is 34.2 Å². The Hall–Kier alpha value is -6.56. The van der Waals surface area contributed by atoms with Crippen molar-refractivity contribution in [2.75, 3.05) is 5.32 Å². The van der Waals surface area contributed by atoms with Gasteiger partial charge in [0.2, 0.25) is 0 Å². The van der Waals surface area contributed by atoms with Gasteiger partial charge in [0.1, 0.15) is 16.9 Å². The highest BCUT2D eigenvalue weighted by atomic mass is 19.1. The van der Waals surface area contributed by atoms with E-state index in [4.69, 9.17) is 15.5 Å². The van der Waals surface area contributed by atoms with Crippen LogP contribution in [0.25, 0.3) is 22.5 Å². The number of benzene rings is 2. The number of aromatic nitrogens is 6. The van der Waals surface area contributed by atoms with E-state index in [1.54, 1.807) is 36.1 Å². The van der Waals surface area contributed by atoms with E-state index in [-0.39, 0.29) is 35.0 Å². The number of halogens is 1. The number of pyridine rings is 1. The molecule has 0 bridgehead atoms. The van der Waals surface area contributed by atoms with Crippen molar-refractivity contribution in [2.45, 2.75) is 13.5 Å². The molecule has 1 amide bonds. The number of aromatic hydroxyl groups is 1. The predicted octanol–water partition coefficient (Wildman–Crippen LogP) is 3.99. The van der Waals surface area contributed by atoms with Crippen molar-refractivity contribution in [3.05, 3.63) is 118 Å². The Morgan fingerprint density at radius 2 is 1.78 bits per heavy atom. The van der Waals surface area contributed by atoms with E-state index in [1.807, 2.05) is 24.0 Å². The van der Waals surface area contributed by atoms with Gasteiger partial charge < -0.3 is 19.7 Å². The SMILES string of the molecule is CCn1cc(C(=O)Nc2ccc(Oc3cc(-c4cn(C)cn4)cn4nccc34)c(O)c2)c(=O)n(-c2ccc(F)cc2)c1=O.N#N. The van der Waals surface area contributed by atoms with Crippen LogP contribution in [0.2, 0.25) is 0 Å². The molecule has 0 radical (unpaired) electrons. The Morgan fingerprint density at radius 3 is 2.44 bits per heavy atom. The summed E-state index contributed by atoms with van der Waals surface area (Å²) >= 11 is 0. The van der Waals surface area contributed by atoms with Gasteiger partial charge in [-0.1, -0.05) is 0 Å². The van der Waals surface area contributed by atoms with E-state index in [2.05, 4.69) is 15.4 Å². The molecule has 15 heteroatoms. The highest BCUT2D eigenvalue weighted by Crippen LogP contribution is 2.36. The first-order valence-electron chi connectivity index (χ1n) is 13.3. The number of imidazole rings is 1. The van der Waals surface area contributed by atoms with E-state index in [0.29, 0.717) is 17.0 Å². The lowest BCUT2D eigenvalue weighted by Gasteiger charge is -2.13. The van der Waals surface area contributed by atoms with E-state index in [1.165, 1.54) is 41.1 Å². The molecule has 2 aromatic carbocycles. The lowest BCUT2D eigenvalue weighted by atomic mass is 10.2. The van der Waals surface area contributed by atoms with Crippen LogP contribution in [0.1, 0.15) is 17.3 Å². The van der Waals surface area contributed by atoms with E-state index >= 15 is 0 Å². The summed E-state index contributed by atoms with van der Waals surface area (Å²) in [7, 11) is 1.86. The Labute approximate surface area is 253 Å². The van der Waals surface area contributed by atoms with Gasteiger partial charge in [0.15, 0.2) is 17.2 Å². The predicted molar refractivity (Wildman–Crippen MR) is 159 cm³/mol. The van der Waals surface area contributed by atoms with Gasteiger partial charge in [-0.2, -0.15) is 5.10 Å². The van der Waals surface area contributed by atoms with E-state index < -0.39 is 23.0 Å². The van der Waals surface area contributed by atoms with Crippen molar-refractivity contribution in [2.24, 2.45) is 7.05 Å². The summed E-state index contributed by atoms with van der Waals surface area (Å²) in [4.78, 5) is 43.7. The summed E-state index contributed by atoms with van der Waals surface area (Å²) in [5.41, 5.74) is 0.532. The van der Waals surface area contributed by atoms with Crippen LogP contribution in [0.5, 0.6) is 17.2 Å². The van der Waals surface area contributed by atoms with E-state index in [9.17, 15) is 23.9 Å². The van der Waals surface area contributed by atoms with Crippen LogP contribution in [0.4, 0.5) is 10.1 Å². The van der Waals surface area contributed by atoms with Gasteiger partial charge in [-0.25, -0.2) is 23.3 Å². The van der Waals surface area contributed by atoms with Gasteiger partial charge in [-0.15, -0.1) is 0 Å². The number of nitrogens with one attached hydrogen (secondary N) is 1. The molecule has 4 heterocycles. The quantitative estimate of drug-likeness (QED) is 0.253. The summed E-state index contributed by atoms with van der Waals surface area (Å²) < 4.78 is 25.0. The fourth-order valence-corrected chi connectivity index (χ4v) is 4.58. The second kappa shape index (κ2) is 12.4. The minimum atomic E-state index is -0.874. The van der Waals surface area contributed by atoms with E-state index in [0.717, 1.165) is 22.3 Å². The number of aryl methyl sites for hydroxylation is 2. The number of amides is 1.